The van der Waals surface area contributed by atoms with Crippen LogP contribution in [0.4, 0.5) is 0 Å². The van der Waals surface area contributed by atoms with Crippen molar-refractivity contribution in [2.45, 2.75) is 37.7 Å². The first kappa shape index (κ1) is 15.9. The predicted molar refractivity (Wildman–Crippen MR) is 86.6 cm³/mol. The Morgan fingerprint density at radius 2 is 2.04 bits per heavy atom. The number of ether oxygens (including phenoxy) is 2. The molecule has 0 radical (unpaired) electrons. The number of hydrogen-bond donors (Lipinski definition) is 0. The lowest BCUT2D eigenvalue weighted by Gasteiger charge is -2.32. The summed E-state index contributed by atoms with van der Waals surface area (Å²) in [5, 5.41) is 3.94. The molecule has 132 valence electrons. The van der Waals surface area contributed by atoms with E-state index >= 15 is 0 Å². The lowest BCUT2D eigenvalue weighted by Crippen LogP contribution is -2.44. The van der Waals surface area contributed by atoms with E-state index in [2.05, 4.69) is 15.1 Å². The topological polar surface area (TPSA) is 90.6 Å². The summed E-state index contributed by atoms with van der Waals surface area (Å²) in [7, 11) is 1.52. The lowest BCUT2D eigenvalue weighted by atomic mass is 10.1. The summed E-state index contributed by atoms with van der Waals surface area (Å²) in [6, 6.07) is 1.77. The normalized spacial score (nSPS) is 20.4. The van der Waals surface area contributed by atoms with Gasteiger partial charge in [-0.3, -0.25) is 4.79 Å². The Hall–Kier alpha value is -2.64. The number of piperidine rings is 1. The molecule has 2 aromatic rings. The minimum atomic E-state index is -0.155. The third kappa shape index (κ3) is 3.42. The fourth-order valence-electron chi connectivity index (χ4n) is 3.02. The van der Waals surface area contributed by atoms with Gasteiger partial charge in [-0.1, -0.05) is 5.16 Å². The Kier molecular flexibility index (Phi) is 4.25. The molecule has 0 bridgehead atoms. The molecule has 1 amide bonds. The van der Waals surface area contributed by atoms with Crippen molar-refractivity contribution >= 4 is 5.91 Å². The van der Waals surface area contributed by atoms with Crippen LogP contribution < -0.4 is 9.47 Å². The number of aromatic nitrogens is 3. The molecule has 0 spiro atoms. The van der Waals surface area contributed by atoms with E-state index in [1.54, 1.807) is 23.4 Å². The number of hydrogen-bond acceptors (Lipinski definition) is 7. The second-order valence-corrected chi connectivity index (χ2v) is 6.39. The van der Waals surface area contributed by atoms with Crippen LogP contribution in [0.2, 0.25) is 0 Å². The van der Waals surface area contributed by atoms with E-state index in [-0.39, 0.29) is 12.0 Å². The van der Waals surface area contributed by atoms with Crippen LogP contribution in [0.15, 0.2) is 23.0 Å². The second-order valence-electron chi connectivity index (χ2n) is 6.39. The predicted octanol–water partition coefficient (Wildman–Crippen LogP) is 2.03. The van der Waals surface area contributed by atoms with Crippen molar-refractivity contribution in [3.05, 3.63) is 29.9 Å². The molecule has 1 saturated heterocycles. The fraction of sp³-hybridized carbons (Fsp3) is 0.529. The van der Waals surface area contributed by atoms with Gasteiger partial charge < -0.3 is 18.9 Å². The summed E-state index contributed by atoms with van der Waals surface area (Å²) in [5.74, 6) is 1.83. The Morgan fingerprint density at radius 1 is 1.24 bits per heavy atom. The van der Waals surface area contributed by atoms with E-state index in [0.717, 1.165) is 31.4 Å². The van der Waals surface area contributed by atoms with Crippen LogP contribution in [0.25, 0.3) is 0 Å². The van der Waals surface area contributed by atoms with Crippen molar-refractivity contribution in [2.24, 2.45) is 0 Å². The SMILES string of the molecule is COc1nccnc1O[C@@H]1CCCN(C(=O)c2cc(C3CC3)on2)C1. The first-order valence-corrected chi connectivity index (χ1v) is 8.52. The molecule has 2 aromatic heterocycles. The fourth-order valence-corrected chi connectivity index (χ4v) is 3.02. The number of carbonyl (C=O) groups excluding carboxylic acids is 1. The Bertz CT molecular complexity index is 759. The molecule has 2 aliphatic rings. The van der Waals surface area contributed by atoms with E-state index < -0.39 is 0 Å². The number of nitrogens with zero attached hydrogens (tertiary/aromatic N) is 4. The van der Waals surface area contributed by atoms with Crippen molar-refractivity contribution in [1.29, 1.82) is 0 Å². The highest BCUT2D eigenvalue weighted by atomic mass is 16.5. The largest absolute Gasteiger partial charge is 0.477 e. The van der Waals surface area contributed by atoms with Crippen molar-refractivity contribution < 1.29 is 18.8 Å². The maximum atomic E-state index is 12.7. The molecule has 1 saturated carbocycles. The molecule has 0 aromatic carbocycles. The van der Waals surface area contributed by atoms with E-state index in [1.807, 2.05) is 0 Å². The molecule has 25 heavy (non-hydrogen) atoms. The highest BCUT2D eigenvalue weighted by molar-refractivity contribution is 5.92. The molecule has 8 heteroatoms. The highest BCUT2D eigenvalue weighted by Crippen LogP contribution is 2.40. The monoisotopic (exact) mass is 344 g/mol. The number of amides is 1. The number of methoxy groups -OCH3 is 1. The summed E-state index contributed by atoms with van der Waals surface area (Å²) in [6.45, 7) is 1.16. The number of rotatable bonds is 5. The van der Waals surface area contributed by atoms with Crippen LogP contribution in [0.3, 0.4) is 0 Å². The van der Waals surface area contributed by atoms with Gasteiger partial charge in [-0.05, 0) is 25.7 Å². The maximum absolute atomic E-state index is 12.7. The van der Waals surface area contributed by atoms with E-state index in [4.69, 9.17) is 14.0 Å². The third-order valence-electron chi connectivity index (χ3n) is 4.50. The first-order chi connectivity index (χ1) is 12.2. The standard InChI is InChI=1S/C17H20N4O4/c1-23-15-16(19-7-6-18-15)24-12-3-2-8-21(10-12)17(22)13-9-14(25-20-13)11-4-5-11/h6-7,9,11-12H,2-5,8,10H2,1H3/t12-/m1/s1. The molecule has 0 unspecified atom stereocenters. The zero-order valence-electron chi connectivity index (χ0n) is 14.1. The van der Waals surface area contributed by atoms with Crippen molar-refractivity contribution in [2.75, 3.05) is 20.2 Å². The van der Waals surface area contributed by atoms with Gasteiger partial charge in [-0.15, -0.1) is 0 Å². The van der Waals surface area contributed by atoms with Gasteiger partial charge in [-0.2, -0.15) is 0 Å². The Balaban J connectivity index is 1.42. The van der Waals surface area contributed by atoms with Crippen LogP contribution in [0.5, 0.6) is 11.8 Å². The molecule has 4 rings (SSSR count). The molecule has 1 aliphatic heterocycles. The van der Waals surface area contributed by atoms with Crippen LogP contribution in [-0.4, -0.2) is 52.2 Å². The van der Waals surface area contributed by atoms with Gasteiger partial charge in [0.05, 0.1) is 13.7 Å². The molecule has 8 nitrogen and oxygen atoms in total. The molecule has 2 fully saturated rings. The lowest BCUT2D eigenvalue weighted by molar-refractivity contribution is 0.0510. The van der Waals surface area contributed by atoms with Gasteiger partial charge in [0.2, 0.25) is 0 Å². The smallest absolute Gasteiger partial charge is 0.278 e. The zero-order valence-corrected chi connectivity index (χ0v) is 14.1. The van der Waals surface area contributed by atoms with Gasteiger partial charge in [0, 0.05) is 30.9 Å². The van der Waals surface area contributed by atoms with E-state index in [1.165, 1.54) is 7.11 Å². The molecule has 0 N–H and O–H groups in total. The van der Waals surface area contributed by atoms with Gasteiger partial charge in [0.25, 0.3) is 17.7 Å². The van der Waals surface area contributed by atoms with Crippen molar-refractivity contribution in [3.8, 4) is 11.8 Å². The van der Waals surface area contributed by atoms with Crippen LogP contribution >= 0.6 is 0 Å². The maximum Gasteiger partial charge on any atom is 0.278 e. The number of carbonyl (C=O) groups is 1. The molecular weight excluding hydrogens is 324 g/mol. The summed E-state index contributed by atoms with van der Waals surface area (Å²) in [5.41, 5.74) is 0.375. The van der Waals surface area contributed by atoms with Crippen molar-refractivity contribution in [1.82, 2.24) is 20.0 Å². The summed E-state index contributed by atoms with van der Waals surface area (Å²) in [6.07, 6.45) is 6.87. The molecule has 1 aliphatic carbocycles. The first-order valence-electron chi connectivity index (χ1n) is 8.52. The molecule has 1 atom stereocenters. The highest BCUT2D eigenvalue weighted by Gasteiger charge is 2.32. The molecular formula is C17H20N4O4. The summed E-state index contributed by atoms with van der Waals surface area (Å²) >= 11 is 0. The van der Waals surface area contributed by atoms with Gasteiger partial charge in [0.15, 0.2) is 5.69 Å². The Labute approximate surface area is 145 Å². The van der Waals surface area contributed by atoms with Crippen molar-refractivity contribution in [3.63, 3.8) is 0 Å². The van der Waals surface area contributed by atoms with E-state index in [0.29, 0.717) is 36.5 Å². The van der Waals surface area contributed by atoms with Gasteiger partial charge >= 0.3 is 0 Å². The summed E-state index contributed by atoms with van der Waals surface area (Å²) < 4.78 is 16.4. The van der Waals surface area contributed by atoms with E-state index in [9.17, 15) is 4.79 Å². The number of likely N-dealkylation sites (tertiary alicyclic amines) is 1. The average molecular weight is 344 g/mol. The Morgan fingerprint density at radius 3 is 2.80 bits per heavy atom. The van der Waals surface area contributed by atoms with Gasteiger partial charge in [0.1, 0.15) is 11.9 Å². The average Bonchev–Trinajstić information content (AvgIpc) is 3.39. The van der Waals surface area contributed by atoms with Crippen LogP contribution in [-0.2, 0) is 0 Å². The third-order valence-corrected chi connectivity index (χ3v) is 4.50. The minimum absolute atomic E-state index is 0.116. The van der Waals surface area contributed by atoms with Crippen LogP contribution in [0.1, 0.15) is 47.8 Å². The minimum Gasteiger partial charge on any atom is -0.477 e. The second kappa shape index (κ2) is 6.70. The zero-order chi connectivity index (χ0) is 17.2. The quantitative estimate of drug-likeness (QED) is 0.819. The molecule has 3 heterocycles. The van der Waals surface area contributed by atoms with Crippen LogP contribution in [0, 0.1) is 0 Å². The van der Waals surface area contributed by atoms with Gasteiger partial charge in [-0.25, -0.2) is 9.97 Å². The summed E-state index contributed by atoms with van der Waals surface area (Å²) in [4.78, 5) is 22.7.